The Kier molecular flexibility index (Phi) is 8.44. The first-order valence-corrected chi connectivity index (χ1v) is 10.7. The molecule has 0 aromatic carbocycles. The fourth-order valence-corrected chi connectivity index (χ4v) is 3.70. The maximum Gasteiger partial charge on any atom is 0.533 e. The smallest absolute Gasteiger partial charge is 0.432 e. The number of carbonyl (C=O) groups excluding carboxylic acids is 5. The van der Waals surface area contributed by atoms with Gasteiger partial charge in [-0.3, -0.25) is 24.1 Å². The van der Waals surface area contributed by atoms with E-state index in [1.807, 2.05) is 0 Å². The third-order valence-electron chi connectivity index (χ3n) is 3.34. The van der Waals surface area contributed by atoms with Crippen LogP contribution in [0.1, 0.15) is 25.7 Å². The summed E-state index contributed by atoms with van der Waals surface area (Å²) in [5.41, 5.74) is 0.406. The Morgan fingerprint density at radius 3 is 1.68 bits per heavy atom. The second-order valence-corrected chi connectivity index (χ2v) is 8.06. The molecule has 2 aliphatic rings. The molecule has 0 aromatic heterocycles. The van der Waals surface area contributed by atoms with Crippen molar-refractivity contribution in [1.29, 1.82) is 0 Å². The summed E-state index contributed by atoms with van der Waals surface area (Å²) in [6, 6.07) is 0. The van der Waals surface area contributed by atoms with Crippen LogP contribution in [0.3, 0.4) is 0 Å². The van der Waals surface area contributed by atoms with Crippen molar-refractivity contribution in [3.8, 4) is 0 Å². The van der Waals surface area contributed by atoms with E-state index in [0.29, 0.717) is 28.7 Å². The molecule has 11 nitrogen and oxygen atoms in total. The van der Waals surface area contributed by atoms with Crippen molar-refractivity contribution in [2.45, 2.75) is 25.7 Å². The van der Waals surface area contributed by atoms with E-state index in [1.165, 1.54) is 21.6 Å². The quantitative estimate of drug-likeness (QED) is 0.228. The van der Waals surface area contributed by atoms with Crippen LogP contribution < -0.4 is 0 Å². The van der Waals surface area contributed by atoms with Crippen LogP contribution in [0.4, 0.5) is 9.59 Å². The molecule has 28 heavy (non-hydrogen) atoms. The second-order valence-electron chi connectivity index (χ2n) is 5.36. The SMILES string of the molecule is C=C1CCC(=O)N1OC(=O)OCCSSCCOC(=O)ON1C(=O)CCC1=O. The number of hydroxylamine groups is 4. The minimum Gasteiger partial charge on any atom is -0.432 e. The molecule has 13 heteroatoms. The molecule has 2 fully saturated rings. The molecule has 0 spiro atoms. The van der Waals surface area contributed by atoms with Gasteiger partial charge < -0.3 is 9.47 Å². The maximum atomic E-state index is 11.5. The highest BCUT2D eigenvalue weighted by Gasteiger charge is 2.33. The first-order chi connectivity index (χ1) is 13.4. The summed E-state index contributed by atoms with van der Waals surface area (Å²) < 4.78 is 9.58. The Morgan fingerprint density at radius 2 is 1.21 bits per heavy atom. The lowest BCUT2D eigenvalue weighted by molar-refractivity contribution is -0.176. The van der Waals surface area contributed by atoms with Gasteiger partial charge in [0.25, 0.3) is 17.7 Å². The molecule has 154 valence electrons. The van der Waals surface area contributed by atoms with Crippen LogP contribution in [-0.2, 0) is 33.5 Å². The summed E-state index contributed by atoms with van der Waals surface area (Å²) in [4.78, 5) is 66.1. The van der Waals surface area contributed by atoms with E-state index in [2.05, 4.69) is 11.4 Å². The number of hydrogen-bond acceptors (Lipinski definition) is 11. The van der Waals surface area contributed by atoms with E-state index in [1.54, 1.807) is 0 Å². The van der Waals surface area contributed by atoms with Crippen molar-refractivity contribution in [2.24, 2.45) is 0 Å². The van der Waals surface area contributed by atoms with Crippen molar-refractivity contribution in [3.05, 3.63) is 12.3 Å². The monoisotopic (exact) mass is 434 g/mol. The van der Waals surface area contributed by atoms with E-state index >= 15 is 0 Å². The highest BCUT2D eigenvalue weighted by Crippen LogP contribution is 2.22. The van der Waals surface area contributed by atoms with Crippen LogP contribution in [0, 0.1) is 0 Å². The Morgan fingerprint density at radius 1 is 0.786 bits per heavy atom. The third-order valence-corrected chi connectivity index (χ3v) is 5.67. The molecule has 0 saturated carbocycles. The summed E-state index contributed by atoms with van der Waals surface area (Å²) in [6.45, 7) is 3.68. The van der Waals surface area contributed by atoms with E-state index in [9.17, 15) is 24.0 Å². The Bertz CT molecular complexity index is 582. The molecule has 0 aliphatic carbocycles. The fraction of sp³-hybridized carbons (Fsp3) is 0.533. The average molecular weight is 434 g/mol. The first-order valence-electron chi connectivity index (χ1n) is 8.19. The van der Waals surface area contributed by atoms with Crippen LogP contribution in [0.15, 0.2) is 12.3 Å². The molecule has 2 aliphatic heterocycles. The predicted molar refractivity (Wildman–Crippen MR) is 96.1 cm³/mol. The molecule has 0 N–H and O–H groups in total. The van der Waals surface area contributed by atoms with E-state index < -0.39 is 24.1 Å². The van der Waals surface area contributed by atoms with Crippen molar-refractivity contribution >= 4 is 51.6 Å². The van der Waals surface area contributed by atoms with Gasteiger partial charge in [0, 0.05) is 30.8 Å². The highest BCUT2D eigenvalue weighted by molar-refractivity contribution is 8.76. The molecule has 2 heterocycles. The lowest BCUT2D eigenvalue weighted by Gasteiger charge is -2.15. The van der Waals surface area contributed by atoms with Gasteiger partial charge in [-0.15, -0.1) is 5.06 Å². The lowest BCUT2D eigenvalue weighted by atomic mass is 10.3. The number of amides is 3. The van der Waals surface area contributed by atoms with Gasteiger partial charge in [0.2, 0.25) is 0 Å². The minimum atomic E-state index is -1.13. The predicted octanol–water partition coefficient (Wildman–Crippen LogP) is 1.79. The average Bonchev–Trinajstić information content (AvgIpc) is 3.14. The molecule has 2 rings (SSSR count). The Hall–Kier alpha value is -2.41. The first kappa shape index (κ1) is 21.9. The summed E-state index contributed by atoms with van der Waals surface area (Å²) in [5, 5.41) is 1.25. The topological polar surface area (TPSA) is 129 Å². The fourth-order valence-electron chi connectivity index (χ4n) is 2.04. The van der Waals surface area contributed by atoms with Crippen LogP contribution >= 0.6 is 21.6 Å². The molecular weight excluding hydrogens is 416 g/mol. The molecule has 2 saturated heterocycles. The number of imide groups is 1. The van der Waals surface area contributed by atoms with Crippen LogP contribution in [0.25, 0.3) is 0 Å². The largest absolute Gasteiger partial charge is 0.533 e. The number of nitrogens with zero attached hydrogens (tertiary/aromatic N) is 2. The third kappa shape index (κ3) is 6.64. The second kappa shape index (κ2) is 10.8. The van der Waals surface area contributed by atoms with E-state index in [-0.39, 0.29) is 38.4 Å². The molecule has 0 bridgehead atoms. The summed E-state index contributed by atoms with van der Waals surface area (Å²) in [7, 11) is 2.71. The standard InChI is InChI=1S/C15H18N2O9S2/c1-10-2-3-11(18)16(10)25-14(21)23-6-8-27-28-9-7-24-15(22)26-17-12(19)4-5-13(17)20/h1-9H2. The number of rotatable bonds is 9. The van der Waals surface area contributed by atoms with Gasteiger partial charge in [-0.2, -0.15) is 0 Å². The Labute approximate surface area is 167 Å². The van der Waals surface area contributed by atoms with Crippen LogP contribution in [0.5, 0.6) is 0 Å². The van der Waals surface area contributed by atoms with Gasteiger partial charge in [0.05, 0.1) is 5.70 Å². The molecule has 0 atom stereocenters. The Balaban J connectivity index is 1.45. The summed E-state index contributed by atoms with van der Waals surface area (Å²) in [5.74, 6) is -0.652. The molecule has 0 radical (unpaired) electrons. The van der Waals surface area contributed by atoms with Gasteiger partial charge in [-0.25, -0.2) is 9.59 Å². The normalized spacial score (nSPS) is 16.6. The van der Waals surface area contributed by atoms with Gasteiger partial charge in [-0.1, -0.05) is 33.2 Å². The summed E-state index contributed by atoms with van der Waals surface area (Å²) in [6.07, 6.45) is -1.40. The number of carbonyl (C=O) groups is 5. The van der Waals surface area contributed by atoms with Gasteiger partial charge in [-0.05, 0) is 6.42 Å². The van der Waals surface area contributed by atoms with Crippen molar-refractivity contribution in [2.75, 3.05) is 24.7 Å². The van der Waals surface area contributed by atoms with Gasteiger partial charge in [0.1, 0.15) is 13.2 Å². The molecule has 3 amide bonds. The summed E-state index contributed by atoms with van der Waals surface area (Å²) >= 11 is 0. The van der Waals surface area contributed by atoms with E-state index in [0.717, 1.165) is 5.06 Å². The zero-order valence-electron chi connectivity index (χ0n) is 14.7. The maximum absolute atomic E-state index is 11.5. The lowest BCUT2D eigenvalue weighted by Crippen LogP contribution is -2.32. The minimum absolute atomic E-state index is 0.00873. The van der Waals surface area contributed by atoms with Gasteiger partial charge >= 0.3 is 12.3 Å². The molecular formula is C15H18N2O9S2. The van der Waals surface area contributed by atoms with Crippen molar-refractivity contribution in [1.82, 2.24) is 10.1 Å². The van der Waals surface area contributed by atoms with Crippen LogP contribution in [-0.4, -0.2) is 64.9 Å². The number of ether oxygens (including phenoxy) is 2. The zero-order chi connectivity index (χ0) is 20.5. The van der Waals surface area contributed by atoms with Crippen molar-refractivity contribution in [3.63, 3.8) is 0 Å². The number of allylic oxidation sites excluding steroid dienone is 1. The molecule has 0 unspecified atom stereocenters. The van der Waals surface area contributed by atoms with Crippen LogP contribution in [0.2, 0.25) is 0 Å². The van der Waals surface area contributed by atoms with Gasteiger partial charge in [0.15, 0.2) is 0 Å². The van der Waals surface area contributed by atoms with Crippen molar-refractivity contribution < 1.29 is 43.1 Å². The highest BCUT2D eigenvalue weighted by atomic mass is 33.1. The van der Waals surface area contributed by atoms with E-state index in [4.69, 9.17) is 14.3 Å². The molecule has 0 aromatic rings. The zero-order valence-corrected chi connectivity index (χ0v) is 16.4. The number of hydrogen-bond donors (Lipinski definition) is 0.